The van der Waals surface area contributed by atoms with Crippen molar-refractivity contribution in [1.82, 2.24) is 5.32 Å². The van der Waals surface area contributed by atoms with E-state index in [2.05, 4.69) is 11.2 Å². The Labute approximate surface area is 190 Å². The van der Waals surface area contributed by atoms with Gasteiger partial charge >= 0.3 is 0 Å². The summed E-state index contributed by atoms with van der Waals surface area (Å²) in [6.45, 7) is 3.56. The van der Waals surface area contributed by atoms with Gasteiger partial charge in [0.15, 0.2) is 5.78 Å². The first-order valence-electron chi connectivity index (χ1n) is 10.4. The summed E-state index contributed by atoms with van der Waals surface area (Å²) >= 11 is 1.21. The van der Waals surface area contributed by atoms with Crippen molar-refractivity contribution in [3.05, 3.63) is 51.2 Å². The van der Waals surface area contributed by atoms with E-state index in [1.165, 1.54) is 11.3 Å². The highest BCUT2D eigenvalue weighted by Crippen LogP contribution is 2.27. The van der Waals surface area contributed by atoms with Crippen LogP contribution in [0.25, 0.3) is 0 Å². The molecule has 32 heavy (non-hydrogen) atoms. The van der Waals surface area contributed by atoms with Gasteiger partial charge in [0.05, 0.1) is 23.0 Å². The van der Waals surface area contributed by atoms with Crippen molar-refractivity contribution >= 4 is 34.6 Å². The van der Waals surface area contributed by atoms with Gasteiger partial charge in [0.25, 0.3) is 11.8 Å². The number of nitrogens with one attached hydrogen (secondary N) is 1. The number of anilines is 1. The van der Waals surface area contributed by atoms with Crippen LogP contribution in [0.4, 0.5) is 5.69 Å². The number of nitrogens with zero attached hydrogens (tertiary/aromatic N) is 1. The van der Waals surface area contributed by atoms with Crippen molar-refractivity contribution in [3.8, 4) is 12.3 Å². The molecule has 7 nitrogen and oxygen atoms in total. The number of Topliss-reactive ketones (excluding diaryl/α,β-unsaturated/α-hetero) is 1. The summed E-state index contributed by atoms with van der Waals surface area (Å²) in [5, 5.41) is 2.91. The van der Waals surface area contributed by atoms with E-state index in [4.69, 9.17) is 15.9 Å². The molecule has 0 saturated carbocycles. The molecule has 2 fully saturated rings. The molecule has 0 spiro atoms. The van der Waals surface area contributed by atoms with Gasteiger partial charge in [-0.25, -0.2) is 0 Å². The first-order valence-corrected chi connectivity index (χ1v) is 11.2. The minimum absolute atomic E-state index is 0.0745. The van der Waals surface area contributed by atoms with Crippen LogP contribution >= 0.6 is 11.3 Å². The number of benzene rings is 1. The van der Waals surface area contributed by atoms with E-state index in [-0.39, 0.29) is 37.2 Å². The third-order valence-electron chi connectivity index (χ3n) is 5.78. The SMILES string of the molecule is C#Cc1ccc(C(=O)N[C@]2(C(=O)Cc3ccc(N4CCOCC4=O)c(C)c3)CCOC2)s1. The second kappa shape index (κ2) is 9.25. The van der Waals surface area contributed by atoms with Gasteiger partial charge in [-0.05, 0) is 36.2 Å². The number of thiophene rings is 1. The molecular formula is C24H24N2O5S. The number of ketones is 1. The van der Waals surface area contributed by atoms with Crippen LogP contribution in [0.3, 0.4) is 0 Å². The molecule has 2 amide bonds. The van der Waals surface area contributed by atoms with Crippen LogP contribution in [-0.4, -0.2) is 56.1 Å². The number of hydrogen-bond acceptors (Lipinski definition) is 6. The Morgan fingerprint density at radius 1 is 1.25 bits per heavy atom. The number of ether oxygens (including phenoxy) is 2. The van der Waals surface area contributed by atoms with E-state index in [0.717, 1.165) is 16.8 Å². The Morgan fingerprint density at radius 2 is 2.09 bits per heavy atom. The molecule has 0 unspecified atom stereocenters. The van der Waals surface area contributed by atoms with Crippen LogP contribution in [0.15, 0.2) is 30.3 Å². The summed E-state index contributed by atoms with van der Waals surface area (Å²) in [6, 6.07) is 9.01. The van der Waals surface area contributed by atoms with Gasteiger partial charge in [-0.1, -0.05) is 18.1 Å². The maximum Gasteiger partial charge on any atom is 0.262 e. The lowest BCUT2D eigenvalue weighted by Crippen LogP contribution is -2.55. The zero-order chi connectivity index (χ0) is 22.7. The summed E-state index contributed by atoms with van der Waals surface area (Å²) in [5.74, 6) is 2.01. The number of hydrogen-bond donors (Lipinski definition) is 1. The molecule has 2 saturated heterocycles. The number of carbonyl (C=O) groups excluding carboxylic acids is 3. The van der Waals surface area contributed by atoms with Crippen LogP contribution in [0.1, 0.15) is 32.1 Å². The molecule has 2 aliphatic rings. The van der Waals surface area contributed by atoms with E-state index < -0.39 is 5.54 Å². The maximum atomic E-state index is 13.3. The Balaban J connectivity index is 1.49. The van der Waals surface area contributed by atoms with Crippen LogP contribution in [0.5, 0.6) is 0 Å². The first-order chi connectivity index (χ1) is 15.4. The lowest BCUT2D eigenvalue weighted by molar-refractivity contribution is -0.126. The van der Waals surface area contributed by atoms with Crippen molar-refractivity contribution < 1.29 is 23.9 Å². The van der Waals surface area contributed by atoms with E-state index in [1.54, 1.807) is 17.0 Å². The predicted octanol–water partition coefficient (Wildman–Crippen LogP) is 2.10. The minimum Gasteiger partial charge on any atom is -0.378 e. The Kier molecular flexibility index (Phi) is 6.42. The third-order valence-corrected chi connectivity index (χ3v) is 6.80. The molecule has 0 aliphatic carbocycles. The van der Waals surface area contributed by atoms with Crippen molar-refractivity contribution in [3.63, 3.8) is 0 Å². The number of terminal acetylenes is 1. The van der Waals surface area contributed by atoms with Crippen LogP contribution in [0.2, 0.25) is 0 Å². The Morgan fingerprint density at radius 3 is 2.75 bits per heavy atom. The fourth-order valence-electron chi connectivity index (χ4n) is 4.03. The molecule has 2 aliphatic heterocycles. The summed E-state index contributed by atoms with van der Waals surface area (Å²) < 4.78 is 10.7. The molecule has 1 aromatic heterocycles. The van der Waals surface area contributed by atoms with Crippen molar-refractivity contribution in [2.45, 2.75) is 25.3 Å². The first kappa shape index (κ1) is 22.2. The standard InChI is InChI=1S/C24H24N2O5S/c1-3-18-5-7-20(32-18)23(29)25-24(8-10-31-15-24)21(27)13-17-4-6-19(16(2)12-17)26-9-11-30-14-22(26)28/h1,4-7,12H,8-11,13-15H2,2H3,(H,25,29)/t24-/m1/s1. The molecular weight excluding hydrogens is 428 g/mol. The molecule has 8 heteroatoms. The van der Waals surface area contributed by atoms with E-state index in [0.29, 0.717) is 35.9 Å². The molecule has 2 aromatic rings. The average molecular weight is 453 g/mol. The third kappa shape index (κ3) is 4.46. The molecule has 0 radical (unpaired) electrons. The molecule has 4 rings (SSSR count). The fraction of sp³-hybridized carbons (Fsp3) is 0.375. The van der Waals surface area contributed by atoms with Gasteiger partial charge in [-0.2, -0.15) is 0 Å². The highest BCUT2D eigenvalue weighted by Gasteiger charge is 2.43. The van der Waals surface area contributed by atoms with Crippen LogP contribution < -0.4 is 10.2 Å². The smallest absolute Gasteiger partial charge is 0.262 e. The Bertz CT molecular complexity index is 1090. The molecule has 1 atom stereocenters. The van der Waals surface area contributed by atoms with E-state index in [1.807, 2.05) is 25.1 Å². The molecule has 0 bridgehead atoms. The van der Waals surface area contributed by atoms with Gasteiger partial charge < -0.3 is 19.7 Å². The van der Waals surface area contributed by atoms with Crippen LogP contribution in [0, 0.1) is 19.3 Å². The summed E-state index contributed by atoms with van der Waals surface area (Å²) in [5.41, 5.74) is 1.49. The number of carbonyl (C=O) groups is 3. The molecule has 166 valence electrons. The second-order valence-electron chi connectivity index (χ2n) is 7.97. The summed E-state index contributed by atoms with van der Waals surface area (Å²) in [6.07, 6.45) is 5.97. The second-order valence-corrected chi connectivity index (χ2v) is 9.05. The molecule has 1 N–H and O–H groups in total. The quantitative estimate of drug-likeness (QED) is 0.679. The van der Waals surface area contributed by atoms with E-state index >= 15 is 0 Å². The highest BCUT2D eigenvalue weighted by molar-refractivity contribution is 7.14. The number of aryl methyl sites for hydroxylation is 1. The normalized spacial score (nSPS) is 20.8. The maximum absolute atomic E-state index is 13.3. The van der Waals surface area contributed by atoms with Crippen molar-refractivity contribution in [1.29, 1.82) is 0 Å². The fourth-order valence-corrected chi connectivity index (χ4v) is 4.74. The summed E-state index contributed by atoms with van der Waals surface area (Å²) in [7, 11) is 0. The van der Waals surface area contributed by atoms with Gasteiger partial charge in [0, 0.05) is 31.7 Å². The lowest BCUT2D eigenvalue weighted by Gasteiger charge is -2.29. The zero-order valence-electron chi connectivity index (χ0n) is 17.8. The van der Waals surface area contributed by atoms with E-state index in [9.17, 15) is 14.4 Å². The van der Waals surface area contributed by atoms with Gasteiger partial charge in [0.2, 0.25) is 0 Å². The predicted molar refractivity (Wildman–Crippen MR) is 121 cm³/mol. The van der Waals surface area contributed by atoms with Crippen molar-refractivity contribution in [2.24, 2.45) is 0 Å². The van der Waals surface area contributed by atoms with Crippen molar-refractivity contribution in [2.75, 3.05) is 37.9 Å². The number of morpholine rings is 1. The number of rotatable bonds is 6. The number of amides is 2. The monoisotopic (exact) mass is 452 g/mol. The minimum atomic E-state index is -1.07. The topological polar surface area (TPSA) is 84.9 Å². The molecule has 1 aromatic carbocycles. The lowest BCUT2D eigenvalue weighted by atomic mass is 9.88. The van der Waals surface area contributed by atoms with Gasteiger partial charge in [0.1, 0.15) is 12.1 Å². The largest absolute Gasteiger partial charge is 0.378 e. The Hall–Kier alpha value is -2.99. The summed E-state index contributed by atoms with van der Waals surface area (Å²) in [4.78, 5) is 41.1. The average Bonchev–Trinajstić information content (AvgIpc) is 3.45. The van der Waals surface area contributed by atoms with Crippen LogP contribution in [-0.2, 0) is 25.5 Å². The van der Waals surface area contributed by atoms with Gasteiger partial charge in [-0.3, -0.25) is 14.4 Å². The molecule has 3 heterocycles. The zero-order valence-corrected chi connectivity index (χ0v) is 18.6. The van der Waals surface area contributed by atoms with Gasteiger partial charge in [-0.15, -0.1) is 17.8 Å². The highest BCUT2D eigenvalue weighted by atomic mass is 32.1.